The van der Waals surface area contributed by atoms with Crippen LogP contribution >= 0.6 is 11.6 Å². The van der Waals surface area contributed by atoms with Crippen molar-refractivity contribution >= 4 is 33.2 Å². The lowest BCUT2D eigenvalue weighted by Crippen LogP contribution is -2.42. The van der Waals surface area contributed by atoms with Gasteiger partial charge in [-0.2, -0.15) is 4.31 Å². The molecule has 0 saturated carbocycles. The maximum absolute atomic E-state index is 13.1. The number of halogens is 1. The second-order valence-electron chi connectivity index (χ2n) is 6.90. The summed E-state index contributed by atoms with van der Waals surface area (Å²) in [4.78, 5) is 12.8. The summed E-state index contributed by atoms with van der Waals surface area (Å²) in [7, 11) is -3.63. The molecule has 1 saturated heterocycles. The predicted molar refractivity (Wildman–Crippen MR) is 108 cm³/mol. The van der Waals surface area contributed by atoms with E-state index in [1.54, 1.807) is 47.6 Å². The van der Waals surface area contributed by atoms with E-state index in [1.807, 2.05) is 6.92 Å². The van der Waals surface area contributed by atoms with E-state index in [2.05, 4.69) is 5.32 Å². The van der Waals surface area contributed by atoms with Crippen LogP contribution in [0.5, 0.6) is 0 Å². The van der Waals surface area contributed by atoms with Gasteiger partial charge >= 0.3 is 0 Å². The molecule has 1 amide bonds. The van der Waals surface area contributed by atoms with Crippen molar-refractivity contribution in [2.24, 2.45) is 0 Å². The molecule has 5 nitrogen and oxygen atoms in total. The highest BCUT2D eigenvalue weighted by Crippen LogP contribution is 2.27. The summed E-state index contributed by atoms with van der Waals surface area (Å²) in [6.45, 7) is 4.24. The van der Waals surface area contributed by atoms with Crippen LogP contribution in [0.4, 0.5) is 5.69 Å². The van der Waals surface area contributed by atoms with Crippen molar-refractivity contribution in [1.29, 1.82) is 0 Å². The molecule has 2 aromatic rings. The Morgan fingerprint density at radius 2 is 1.85 bits per heavy atom. The highest BCUT2D eigenvalue weighted by molar-refractivity contribution is 7.89. The van der Waals surface area contributed by atoms with Gasteiger partial charge in [-0.15, -0.1) is 0 Å². The first-order valence-electron chi connectivity index (χ1n) is 8.98. The normalized spacial score (nSPS) is 18.3. The Labute approximate surface area is 165 Å². The molecule has 1 fully saturated rings. The van der Waals surface area contributed by atoms with Crippen LogP contribution in [0.2, 0.25) is 5.02 Å². The zero-order valence-corrected chi connectivity index (χ0v) is 17.0. The third-order valence-corrected chi connectivity index (χ3v) is 7.17. The average molecular weight is 407 g/mol. The lowest BCUT2D eigenvalue weighted by atomic mass is 10.1. The van der Waals surface area contributed by atoms with E-state index in [1.165, 1.54) is 6.07 Å². The standard InChI is InChI=1S/C20H23ClN2O3S/c1-14-6-11-18(27(25,26)23-12-4-3-5-15(23)2)13-19(14)20(24)22-17-9-7-16(21)8-10-17/h6-11,13,15H,3-5,12H2,1-2H3,(H,22,24). The van der Waals surface area contributed by atoms with Gasteiger partial charge in [-0.25, -0.2) is 8.42 Å². The molecule has 1 atom stereocenters. The maximum atomic E-state index is 13.1. The van der Waals surface area contributed by atoms with Gasteiger partial charge in [0, 0.05) is 28.9 Å². The van der Waals surface area contributed by atoms with E-state index < -0.39 is 10.0 Å². The molecule has 27 heavy (non-hydrogen) atoms. The van der Waals surface area contributed by atoms with Crippen LogP contribution in [0.1, 0.15) is 42.1 Å². The summed E-state index contributed by atoms with van der Waals surface area (Å²) in [5.74, 6) is -0.349. The lowest BCUT2D eigenvalue weighted by Gasteiger charge is -2.32. The summed E-state index contributed by atoms with van der Waals surface area (Å²) in [6.07, 6.45) is 2.75. The van der Waals surface area contributed by atoms with E-state index in [-0.39, 0.29) is 16.8 Å². The van der Waals surface area contributed by atoms with Crippen LogP contribution in [-0.4, -0.2) is 31.2 Å². The third-order valence-electron chi connectivity index (χ3n) is 4.90. The molecule has 2 aromatic carbocycles. The zero-order valence-electron chi connectivity index (χ0n) is 15.4. The molecule has 0 aromatic heterocycles. The van der Waals surface area contributed by atoms with Crippen LogP contribution in [0, 0.1) is 6.92 Å². The second-order valence-corrected chi connectivity index (χ2v) is 9.23. The number of carbonyl (C=O) groups is 1. The highest BCUT2D eigenvalue weighted by atomic mass is 35.5. The van der Waals surface area contributed by atoms with Gasteiger partial charge in [0.05, 0.1) is 4.90 Å². The van der Waals surface area contributed by atoms with Gasteiger partial charge in [-0.3, -0.25) is 4.79 Å². The number of benzene rings is 2. The molecule has 1 N–H and O–H groups in total. The molecule has 1 aliphatic rings. The van der Waals surface area contributed by atoms with Crippen LogP contribution in [0.25, 0.3) is 0 Å². The van der Waals surface area contributed by atoms with Gasteiger partial charge in [-0.05, 0) is 68.7 Å². The largest absolute Gasteiger partial charge is 0.322 e. The van der Waals surface area contributed by atoms with Crippen molar-refractivity contribution in [3.63, 3.8) is 0 Å². The predicted octanol–water partition coefficient (Wildman–Crippen LogP) is 4.46. The second kappa shape index (κ2) is 8.00. The van der Waals surface area contributed by atoms with Crippen LogP contribution in [0.3, 0.4) is 0 Å². The van der Waals surface area contributed by atoms with Crippen molar-refractivity contribution in [3.8, 4) is 0 Å². The SMILES string of the molecule is Cc1ccc(S(=O)(=O)N2CCCCC2C)cc1C(=O)Nc1ccc(Cl)cc1. The third kappa shape index (κ3) is 4.34. The maximum Gasteiger partial charge on any atom is 0.255 e. The smallest absolute Gasteiger partial charge is 0.255 e. The molecule has 144 valence electrons. The molecular formula is C20H23ClN2O3S. The van der Waals surface area contributed by atoms with E-state index in [4.69, 9.17) is 11.6 Å². The Kier molecular flexibility index (Phi) is 5.89. The van der Waals surface area contributed by atoms with Gasteiger partial charge in [0.1, 0.15) is 0 Å². The monoisotopic (exact) mass is 406 g/mol. The molecule has 1 aliphatic heterocycles. The molecule has 0 aliphatic carbocycles. The lowest BCUT2D eigenvalue weighted by molar-refractivity contribution is 0.102. The summed E-state index contributed by atoms with van der Waals surface area (Å²) in [6, 6.07) is 11.5. The van der Waals surface area contributed by atoms with E-state index in [9.17, 15) is 13.2 Å². The molecule has 1 unspecified atom stereocenters. The summed E-state index contributed by atoms with van der Waals surface area (Å²) >= 11 is 5.86. The summed E-state index contributed by atoms with van der Waals surface area (Å²) < 4.78 is 27.7. The summed E-state index contributed by atoms with van der Waals surface area (Å²) in [5, 5.41) is 3.36. The fourth-order valence-electron chi connectivity index (χ4n) is 3.30. The first-order valence-corrected chi connectivity index (χ1v) is 10.8. The number of anilines is 1. The minimum Gasteiger partial charge on any atom is -0.322 e. The van der Waals surface area contributed by atoms with Gasteiger partial charge in [0.15, 0.2) is 0 Å². The number of sulfonamides is 1. The number of rotatable bonds is 4. The first-order chi connectivity index (χ1) is 12.8. The minimum absolute atomic E-state index is 0.0311. The fourth-order valence-corrected chi connectivity index (χ4v) is 5.15. The number of hydrogen-bond donors (Lipinski definition) is 1. The van der Waals surface area contributed by atoms with Gasteiger partial charge in [0.2, 0.25) is 10.0 Å². The van der Waals surface area contributed by atoms with E-state index >= 15 is 0 Å². The zero-order chi connectivity index (χ0) is 19.6. The van der Waals surface area contributed by atoms with Crippen LogP contribution in [-0.2, 0) is 10.0 Å². The minimum atomic E-state index is -3.63. The number of aryl methyl sites for hydroxylation is 1. The first kappa shape index (κ1) is 19.9. The Hall–Kier alpha value is -1.89. The number of carbonyl (C=O) groups excluding carboxylic acids is 1. The molecule has 7 heteroatoms. The molecule has 0 radical (unpaired) electrons. The molecule has 0 spiro atoms. The van der Waals surface area contributed by atoms with Gasteiger partial charge < -0.3 is 5.32 Å². The van der Waals surface area contributed by atoms with Gasteiger partial charge in [0.25, 0.3) is 5.91 Å². The van der Waals surface area contributed by atoms with Gasteiger partial charge in [-0.1, -0.05) is 24.1 Å². The molecule has 3 rings (SSSR count). The van der Waals surface area contributed by atoms with E-state index in [0.29, 0.717) is 28.4 Å². The van der Waals surface area contributed by atoms with E-state index in [0.717, 1.165) is 19.3 Å². The molecular weight excluding hydrogens is 384 g/mol. The van der Waals surface area contributed by atoms with Crippen molar-refractivity contribution < 1.29 is 13.2 Å². The Morgan fingerprint density at radius 1 is 1.15 bits per heavy atom. The van der Waals surface area contributed by atoms with Crippen molar-refractivity contribution in [3.05, 3.63) is 58.6 Å². The number of hydrogen-bond acceptors (Lipinski definition) is 3. The average Bonchev–Trinajstić information content (AvgIpc) is 2.64. The number of piperidine rings is 1. The topological polar surface area (TPSA) is 66.5 Å². The quantitative estimate of drug-likeness (QED) is 0.814. The van der Waals surface area contributed by atoms with Crippen molar-refractivity contribution in [2.45, 2.75) is 44.0 Å². The molecule has 1 heterocycles. The number of amides is 1. The Morgan fingerprint density at radius 3 is 2.52 bits per heavy atom. The molecule has 0 bridgehead atoms. The number of nitrogens with one attached hydrogen (secondary N) is 1. The fraction of sp³-hybridized carbons (Fsp3) is 0.350. The van der Waals surface area contributed by atoms with Crippen molar-refractivity contribution in [2.75, 3.05) is 11.9 Å². The Balaban J connectivity index is 1.89. The highest BCUT2D eigenvalue weighted by Gasteiger charge is 2.31. The van der Waals surface area contributed by atoms with Crippen LogP contribution in [0.15, 0.2) is 47.4 Å². The van der Waals surface area contributed by atoms with Crippen LogP contribution < -0.4 is 5.32 Å². The Bertz CT molecular complexity index is 942. The number of nitrogens with zero attached hydrogens (tertiary/aromatic N) is 1. The summed E-state index contributed by atoms with van der Waals surface area (Å²) in [5.41, 5.74) is 1.66. The van der Waals surface area contributed by atoms with Crippen molar-refractivity contribution in [1.82, 2.24) is 4.31 Å².